The molecule has 0 bridgehead atoms. The Morgan fingerprint density at radius 3 is 2.42 bits per heavy atom. The Bertz CT molecular complexity index is 913. The van der Waals surface area contributed by atoms with Crippen LogP contribution in [0.1, 0.15) is 5.69 Å². The molecule has 122 valence electrons. The lowest BCUT2D eigenvalue weighted by Gasteiger charge is -2.07. The van der Waals surface area contributed by atoms with Gasteiger partial charge >= 0.3 is 6.03 Å². The van der Waals surface area contributed by atoms with Gasteiger partial charge in [-0.05, 0) is 31.2 Å². The Kier molecular flexibility index (Phi) is 4.15. The van der Waals surface area contributed by atoms with Crippen LogP contribution in [-0.2, 0) is 7.05 Å². The number of anilines is 2. The summed E-state index contributed by atoms with van der Waals surface area (Å²) in [4.78, 5) is 28.8. The van der Waals surface area contributed by atoms with Gasteiger partial charge in [-0.15, -0.1) is 0 Å². The number of nitrogens with zero attached hydrogens (tertiary/aromatic N) is 3. The van der Waals surface area contributed by atoms with Crippen LogP contribution in [0.2, 0.25) is 0 Å². The largest absolute Gasteiger partial charge is 0.325 e. The first-order valence-corrected chi connectivity index (χ1v) is 7.41. The molecule has 0 fully saturated rings. The first kappa shape index (κ1) is 15.5. The minimum absolute atomic E-state index is 0.231. The Morgan fingerprint density at radius 1 is 1.04 bits per heavy atom. The van der Waals surface area contributed by atoms with Crippen LogP contribution >= 0.6 is 0 Å². The Morgan fingerprint density at radius 2 is 1.75 bits per heavy atom. The van der Waals surface area contributed by atoms with E-state index in [1.165, 1.54) is 4.68 Å². The smallest absolute Gasteiger partial charge is 0.301 e. The second-order valence-corrected chi connectivity index (χ2v) is 5.23. The van der Waals surface area contributed by atoms with Crippen LogP contribution in [0.15, 0.2) is 59.5 Å². The van der Waals surface area contributed by atoms with E-state index in [0.29, 0.717) is 11.5 Å². The van der Waals surface area contributed by atoms with Crippen molar-refractivity contribution < 1.29 is 4.79 Å². The van der Waals surface area contributed by atoms with Gasteiger partial charge in [0.05, 0.1) is 11.4 Å². The van der Waals surface area contributed by atoms with E-state index in [2.05, 4.69) is 15.6 Å². The van der Waals surface area contributed by atoms with Gasteiger partial charge in [-0.3, -0.25) is 14.8 Å². The van der Waals surface area contributed by atoms with E-state index in [1.807, 2.05) is 30.3 Å². The molecule has 0 aliphatic rings. The fourth-order valence-corrected chi connectivity index (χ4v) is 2.41. The molecule has 2 N–H and O–H groups in total. The van der Waals surface area contributed by atoms with E-state index in [9.17, 15) is 9.59 Å². The van der Waals surface area contributed by atoms with E-state index in [-0.39, 0.29) is 11.2 Å². The molecule has 3 rings (SSSR count). The summed E-state index contributed by atoms with van der Waals surface area (Å²) >= 11 is 0. The van der Waals surface area contributed by atoms with Crippen LogP contribution < -0.4 is 16.2 Å². The van der Waals surface area contributed by atoms with Crippen LogP contribution in [0.25, 0.3) is 5.69 Å². The molecule has 2 aromatic heterocycles. The van der Waals surface area contributed by atoms with Crippen molar-refractivity contribution in [3.05, 3.63) is 70.8 Å². The van der Waals surface area contributed by atoms with E-state index in [1.54, 1.807) is 43.0 Å². The molecule has 0 radical (unpaired) electrons. The number of pyridine rings is 1. The van der Waals surface area contributed by atoms with Crippen molar-refractivity contribution in [2.45, 2.75) is 6.92 Å². The number of amides is 2. The van der Waals surface area contributed by atoms with Crippen LogP contribution in [0.4, 0.5) is 16.3 Å². The van der Waals surface area contributed by atoms with Crippen molar-refractivity contribution in [3.63, 3.8) is 0 Å². The quantitative estimate of drug-likeness (QED) is 0.777. The Balaban J connectivity index is 1.90. The fraction of sp³-hybridized carbons (Fsp3) is 0.118. The van der Waals surface area contributed by atoms with E-state index >= 15 is 0 Å². The SMILES string of the molecule is Cc1c(NC(=O)Nc2ccccn2)c(=O)n(-c2ccccc2)n1C. The third-order valence-electron chi connectivity index (χ3n) is 3.70. The maximum atomic E-state index is 12.7. The van der Waals surface area contributed by atoms with Crippen molar-refractivity contribution in [3.8, 4) is 5.69 Å². The van der Waals surface area contributed by atoms with Gasteiger partial charge in [0.25, 0.3) is 5.56 Å². The molecule has 0 saturated carbocycles. The van der Waals surface area contributed by atoms with E-state index in [0.717, 1.165) is 5.69 Å². The van der Waals surface area contributed by atoms with Crippen molar-refractivity contribution in [2.75, 3.05) is 10.6 Å². The predicted octanol–water partition coefficient (Wildman–Crippen LogP) is 2.52. The summed E-state index contributed by atoms with van der Waals surface area (Å²) in [6.45, 7) is 1.78. The van der Waals surface area contributed by atoms with Crippen molar-refractivity contribution in [2.24, 2.45) is 7.05 Å². The van der Waals surface area contributed by atoms with Crippen molar-refractivity contribution in [1.29, 1.82) is 0 Å². The number of carbonyl (C=O) groups is 1. The Labute approximate surface area is 138 Å². The molecule has 0 spiro atoms. The summed E-state index contributed by atoms with van der Waals surface area (Å²) in [5.74, 6) is 0.409. The maximum Gasteiger partial charge on any atom is 0.325 e. The topological polar surface area (TPSA) is 81.0 Å². The van der Waals surface area contributed by atoms with Gasteiger partial charge in [0, 0.05) is 13.2 Å². The molecule has 7 heteroatoms. The molecule has 24 heavy (non-hydrogen) atoms. The number of carbonyl (C=O) groups excluding carboxylic acids is 1. The molecule has 0 aliphatic heterocycles. The van der Waals surface area contributed by atoms with Gasteiger partial charge in [-0.25, -0.2) is 14.5 Å². The van der Waals surface area contributed by atoms with Crippen molar-refractivity contribution >= 4 is 17.5 Å². The number of hydrogen-bond donors (Lipinski definition) is 2. The second kappa shape index (κ2) is 6.41. The van der Waals surface area contributed by atoms with Gasteiger partial charge in [0.1, 0.15) is 11.5 Å². The number of urea groups is 1. The van der Waals surface area contributed by atoms with Crippen LogP contribution in [0.5, 0.6) is 0 Å². The van der Waals surface area contributed by atoms with Gasteiger partial charge in [-0.1, -0.05) is 24.3 Å². The lowest BCUT2D eigenvalue weighted by Crippen LogP contribution is -2.25. The molecule has 7 nitrogen and oxygen atoms in total. The standard InChI is InChI=1S/C17H17N5O2/c1-12-15(20-17(24)19-14-10-6-7-11-18-14)16(23)22(21(12)2)13-8-4-3-5-9-13/h3-11H,1-2H3,(H2,18,19,20,24). The average molecular weight is 323 g/mol. The summed E-state index contributed by atoms with van der Waals surface area (Å²) in [6, 6.07) is 13.9. The maximum absolute atomic E-state index is 12.7. The summed E-state index contributed by atoms with van der Waals surface area (Å²) in [5.41, 5.74) is 1.32. The first-order chi connectivity index (χ1) is 11.6. The third kappa shape index (κ3) is 2.91. The molecule has 1 aromatic carbocycles. The van der Waals surface area contributed by atoms with E-state index < -0.39 is 6.03 Å². The highest BCUT2D eigenvalue weighted by atomic mass is 16.2. The summed E-state index contributed by atoms with van der Waals surface area (Å²) in [6.07, 6.45) is 1.58. The van der Waals surface area contributed by atoms with Gasteiger partial charge in [-0.2, -0.15) is 0 Å². The van der Waals surface area contributed by atoms with Gasteiger partial charge in [0.2, 0.25) is 0 Å². The normalized spacial score (nSPS) is 10.4. The minimum atomic E-state index is -0.514. The minimum Gasteiger partial charge on any atom is -0.301 e. The second-order valence-electron chi connectivity index (χ2n) is 5.23. The molecular weight excluding hydrogens is 306 g/mol. The highest BCUT2D eigenvalue weighted by Gasteiger charge is 2.18. The lowest BCUT2D eigenvalue weighted by molar-refractivity contribution is 0.262. The number of rotatable bonds is 3. The monoisotopic (exact) mass is 323 g/mol. The molecule has 0 atom stereocenters. The van der Waals surface area contributed by atoms with Gasteiger partial charge < -0.3 is 5.32 Å². The highest BCUT2D eigenvalue weighted by molar-refractivity contribution is 5.99. The summed E-state index contributed by atoms with van der Waals surface area (Å²) in [7, 11) is 1.77. The molecule has 0 unspecified atom stereocenters. The fourth-order valence-electron chi connectivity index (χ4n) is 2.41. The molecule has 0 saturated heterocycles. The van der Waals surface area contributed by atoms with E-state index in [4.69, 9.17) is 0 Å². The highest BCUT2D eigenvalue weighted by Crippen LogP contribution is 2.14. The molecule has 2 heterocycles. The zero-order valence-corrected chi connectivity index (χ0v) is 13.4. The third-order valence-corrected chi connectivity index (χ3v) is 3.70. The van der Waals surface area contributed by atoms with Crippen LogP contribution in [0, 0.1) is 6.92 Å². The number of benzene rings is 1. The summed E-state index contributed by atoms with van der Waals surface area (Å²) in [5, 5.41) is 5.21. The zero-order chi connectivity index (χ0) is 17.1. The first-order valence-electron chi connectivity index (χ1n) is 7.41. The average Bonchev–Trinajstić information content (AvgIpc) is 2.80. The zero-order valence-electron chi connectivity index (χ0n) is 13.4. The molecule has 3 aromatic rings. The molecule has 2 amide bonds. The van der Waals surface area contributed by atoms with Crippen LogP contribution in [0.3, 0.4) is 0 Å². The lowest BCUT2D eigenvalue weighted by atomic mass is 10.3. The number of aromatic nitrogens is 3. The molecular formula is C17H17N5O2. The number of para-hydroxylation sites is 1. The summed E-state index contributed by atoms with van der Waals surface area (Å²) < 4.78 is 3.21. The molecule has 0 aliphatic carbocycles. The number of hydrogen-bond acceptors (Lipinski definition) is 3. The number of nitrogens with one attached hydrogen (secondary N) is 2. The van der Waals surface area contributed by atoms with Crippen LogP contribution in [-0.4, -0.2) is 20.4 Å². The van der Waals surface area contributed by atoms with Gasteiger partial charge in [0.15, 0.2) is 0 Å². The predicted molar refractivity (Wildman–Crippen MR) is 92.6 cm³/mol. The van der Waals surface area contributed by atoms with Crippen molar-refractivity contribution in [1.82, 2.24) is 14.3 Å². The Hall–Kier alpha value is -3.35.